The molecule has 26 heavy (non-hydrogen) atoms. The van der Waals surface area contributed by atoms with Gasteiger partial charge in [-0.15, -0.1) is 0 Å². The van der Waals surface area contributed by atoms with Crippen LogP contribution in [0.3, 0.4) is 0 Å². The van der Waals surface area contributed by atoms with E-state index in [0.717, 1.165) is 12.8 Å². The Morgan fingerprint density at radius 1 is 0.885 bits per heavy atom. The number of aliphatic hydroxyl groups is 1. The quantitative estimate of drug-likeness (QED) is 0.159. The van der Waals surface area contributed by atoms with Crippen LogP contribution in [-0.2, 0) is 9.53 Å². The van der Waals surface area contributed by atoms with Crippen LogP contribution < -0.4 is 0 Å². The highest BCUT2D eigenvalue weighted by molar-refractivity contribution is 5.69. The van der Waals surface area contributed by atoms with Crippen LogP contribution in [0.4, 0.5) is 0 Å². The zero-order valence-electron chi connectivity index (χ0n) is 17.5. The molecule has 0 aromatic carbocycles. The van der Waals surface area contributed by atoms with Gasteiger partial charge in [-0.05, 0) is 44.4 Å². The minimum Gasteiger partial charge on any atom is -0.465 e. The Morgan fingerprint density at radius 2 is 1.42 bits per heavy atom. The summed E-state index contributed by atoms with van der Waals surface area (Å²) in [6, 6.07) is 0. The summed E-state index contributed by atoms with van der Waals surface area (Å²) < 4.78 is 5.22. The Labute approximate surface area is 162 Å². The Morgan fingerprint density at radius 3 is 2.00 bits per heavy atom. The van der Waals surface area contributed by atoms with Crippen molar-refractivity contribution in [1.29, 1.82) is 0 Å². The van der Waals surface area contributed by atoms with E-state index in [2.05, 4.69) is 19.1 Å². The van der Waals surface area contributed by atoms with Gasteiger partial charge in [0, 0.05) is 13.0 Å². The average molecular weight is 369 g/mol. The van der Waals surface area contributed by atoms with Crippen molar-refractivity contribution in [1.82, 2.24) is 0 Å². The number of carbonyl (C=O) groups excluding carboxylic acids is 1. The van der Waals surface area contributed by atoms with Crippen LogP contribution in [-0.4, -0.2) is 24.3 Å². The van der Waals surface area contributed by atoms with E-state index in [1.807, 2.05) is 6.92 Å². The fourth-order valence-electron chi connectivity index (χ4n) is 2.95. The topological polar surface area (TPSA) is 46.5 Å². The molecule has 1 atom stereocenters. The van der Waals surface area contributed by atoms with Crippen molar-refractivity contribution < 1.29 is 14.6 Å². The van der Waals surface area contributed by atoms with Crippen LogP contribution in [0, 0.1) is 5.92 Å². The van der Waals surface area contributed by atoms with E-state index in [-0.39, 0.29) is 18.5 Å². The van der Waals surface area contributed by atoms with E-state index in [1.54, 1.807) is 0 Å². The Hall–Kier alpha value is -0.830. The van der Waals surface area contributed by atoms with Gasteiger partial charge in [0.05, 0.1) is 6.61 Å². The van der Waals surface area contributed by atoms with Crippen LogP contribution in [0.15, 0.2) is 12.2 Å². The molecule has 0 saturated heterocycles. The molecule has 0 aliphatic heterocycles. The summed E-state index contributed by atoms with van der Waals surface area (Å²) in [5.41, 5.74) is 0. The summed E-state index contributed by atoms with van der Waals surface area (Å²) in [7, 11) is 0. The first-order valence-electron chi connectivity index (χ1n) is 11.1. The molecule has 0 bridgehead atoms. The molecule has 0 fully saturated rings. The van der Waals surface area contributed by atoms with Crippen LogP contribution in [0.1, 0.15) is 110 Å². The first-order chi connectivity index (χ1) is 12.7. The van der Waals surface area contributed by atoms with Crippen LogP contribution in [0.5, 0.6) is 0 Å². The highest BCUT2D eigenvalue weighted by atomic mass is 16.5. The summed E-state index contributed by atoms with van der Waals surface area (Å²) in [6.45, 7) is 4.85. The van der Waals surface area contributed by atoms with Gasteiger partial charge in [0.15, 0.2) is 0 Å². The van der Waals surface area contributed by atoms with Crippen LogP contribution in [0.2, 0.25) is 0 Å². The summed E-state index contributed by atoms with van der Waals surface area (Å²) >= 11 is 0. The van der Waals surface area contributed by atoms with E-state index in [4.69, 9.17) is 9.84 Å². The molecular weight excluding hydrogens is 324 g/mol. The predicted molar refractivity (Wildman–Crippen MR) is 111 cm³/mol. The third-order valence-corrected chi connectivity index (χ3v) is 4.79. The maximum absolute atomic E-state index is 11.6. The number of allylic oxidation sites excluding steroid dienone is 2. The zero-order chi connectivity index (χ0) is 19.3. The van der Waals surface area contributed by atoms with Gasteiger partial charge < -0.3 is 9.84 Å². The lowest BCUT2D eigenvalue weighted by molar-refractivity contribution is -0.145. The number of hydrogen-bond acceptors (Lipinski definition) is 3. The van der Waals surface area contributed by atoms with Gasteiger partial charge in [-0.25, -0.2) is 0 Å². The SMILES string of the molecule is CCCCCCCC/C=C\CCCCCCCC(=O)OCC(C)CCO. The number of esters is 1. The molecule has 0 amide bonds. The van der Waals surface area contributed by atoms with Gasteiger partial charge in [-0.2, -0.15) is 0 Å². The minimum absolute atomic E-state index is 0.0904. The molecule has 3 nitrogen and oxygen atoms in total. The summed E-state index contributed by atoms with van der Waals surface area (Å²) in [5.74, 6) is 0.158. The number of ether oxygens (including phenoxy) is 1. The second-order valence-corrected chi connectivity index (χ2v) is 7.63. The van der Waals surface area contributed by atoms with Crippen LogP contribution in [0.25, 0.3) is 0 Å². The lowest BCUT2D eigenvalue weighted by atomic mass is 10.1. The van der Waals surface area contributed by atoms with Crippen molar-refractivity contribution in [3.05, 3.63) is 12.2 Å². The van der Waals surface area contributed by atoms with Crippen molar-refractivity contribution in [2.45, 2.75) is 110 Å². The number of unbranched alkanes of at least 4 members (excludes halogenated alkanes) is 11. The highest BCUT2D eigenvalue weighted by Crippen LogP contribution is 2.10. The van der Waals surface area contributed by atoms with E-state index >= 15 is 0 Å². The third-order valence-electron chi connectivity index (χ3n) is 4.79. The minimum atomic E-state index is -0.0904. The smallest absolute Gasteiger partial charge is 0.305 e. The molecule has 0 rings (SSSR count). The second kappa shape index (κ2) is 20.5. The largest absolute Gasteiger partial charge is 0.465 e. The van der Waals surface area contributed by atoms with E-state index < -0.39 is 0 Å². The molecular formula is C23H44O3. The number of aliphatic hydroxyl groups excluding tert-OH is 1. The summed E-state index contributed by atoms with van der Waals surface area (Å²) in [4.78, 5) is 11.6. The van der Waals surface area contributed by atoms with Gasteiger partial charge >= 0.3 is 5.97 Å². The van der Waals surface area contributed by atoms with Crippen molar-refractivity contribution >= 4 is 5.97 Å². The molecule has 0 aliphatic rings. The van der Waals surface area contributed by atoms with Gasteiger partial charge in [-0.1, -0.05) is 77.4 Å². The van der Waals surface area contributed by atoms with Crippen LogP contribution >= 0.6 is 0 Å². The summed E-state index contributed by atoms with van der Waals surface area (Å²) in [6.07, 6.45) is 22.4. The molecule has 0 aliphatic carbocycles. The van der Waals surface area contributed by atoms with Crippen molar-refractivity contribution in [3.63, 3.8) is 0 Å². The zero-order valence-corrected chi connectivity index (χ0v) is 17.5. The van der Waals surface area contributed by atoms with Gasteiger partial charge in [-0.3, -0.25) is 4.79 Å². The molecule has 0 saturated carbocycles. The molecule has 0 aromatic heterocycles. The first-order valence-corrected chi connectivity index (χ1v) is 11.1. The van der Waals surface area contributed by atoms with Crippen molar-refractivity contribution in [2.75, 3.05) is 13.2 Å². The second-order valence-electron chi connectivity index (χ2n) is 7.63. The molecule has 0 aromatic rings. The molecule has 0 radical (unpaired) electrons. The third kappa shape index (κ3) is 19.5. The van der Waals surface area contributed by atoms with Crippen molar-refractivity contribution in [3.8, 4) is 0 Å². The van der Waals surface area contributed by atoms with E-state index in [1.165, 1.54) is 70.6 Å². The average Bonchev–Trinajstić information content (AvgIpc) is 2.63. The van der Waals surface area contributed by atoms with E-state index in [9.17, 15) is 4.79 Å². The fraction of sp³-hybridized carbons (Fsp3) is 0.870. The maximum atomic E-state index is 11.6. The first kappa shape index (κ1) is 25.2. The highest BCUT2D eigenvalue weighted by Gasteiger charge is 2.06. The summed E-state index contributed by atoms with van der Waals surface area (Å²) in [5, 5.41) is 8.81. The van der Waals surface area contributed by atoms with Gasteiger partial charge in [0.25, 0.3) is 0 Å². The molecule has 154 valence electrons. The Balaban J connectivity index is 3.25. The fourth-order valence-corrected chi connectivity index (χ4v) is 2.95. The maximum Gasteiger partial charge on any atom is 0.305 e. The normalized spacial score (nSPS) is 12.6. The van der Waals surface area contributed by atoms with E-state index in [0.29, 0.717) is 19.4 Å². The Kier molecular flexibility index (Phi) is 19.8. The lowest BCUT2D eigenvalue weighted by Crippen LogP contribution is -2.12. The van der Waals surface area contributed by atoms with Gasteiger partial charge in [0.1, 0.15) is 0 Å². The van der Waals surface area contributed by atoms with Gasteiger partial charge in [0.2, 0.25) is 0 Å². The number of hydrogen-bond donors (Lipinski definition) is 1. The lowest BCUT2D eigenvalue weighted by Gasteiger charge is -2.10. The monoisotopic (exact) mass is 368 g/mol. The molecule has 1 N–H and O–H groups in total. The Bertz CT molecular complexity index is 325. The standard InChI is InChI=1S/C23H44O3/c1-3-4-5-6-7-8-9-10-11-12-13-14-15-16-17-18-23(25)26-21-22(2)19-20-24/h10-11,22,24H,3-9,12-21H2,1-2H3/b11-10-. The molecule has 0 spiro atoms. The molecule has 0 heterocycles. The number of carbonyl (C=O) groups is 1. The molecule has 1 unspecified atom stereocenters. The number of rotatable bonds is 19. The predicted octanol–water partition coefficient (Wildman–Crippen LogP) is 6.59. The van der Waals surface area contributed by atoms with Crippen molar-refractivity contribution in [2.24, 2.45) is 5.92 Å². The molecule has 3 heteroatoms.